The van der Waals surface area contributed by atoms with Crippen LogP contribution in [0.15, 0.2) is 30.3 Å². The van der Waals surface area contributed by atoms with Crippen LogP contribution in [0.3, 0.4) is 0 Å². The topological polar surface area (TPSA) is 43.7 Å². The molecule has 1 aliphatic rings. The highest BCUT2D eigenvalue weighted by molar-refractivity contribution is 7.12. The Labute approximate surface area is 161 Å². The third-order valence-corrected chi connectivity index (χ3v) is 6.28. The van der Waals surface area contributed by atoms with E-state index >= 15 is 0 Å². The first kappa shape index (κ1) is 20.3. The standard InChI is InChI=1S/C20H24F3NO2S/c1-13-11-17(14(2)27-13)18(25)12-24-9-7-19(26,8-10-24)15-3-5-16(6-4-15)20(21,22)23/h3-6,11,18,25-26H,7-10,12H2,1-2H3. The fourth-order valence-electron chi connectivity index (χ4n) is 3.69. The lowest BCUT2D eigenvalue weighted by Gasteiger charge is -2.39. The van der Waals surface area contributed by atoms with Crippen molar-refractivity contribution in [1.29, 1.82) is 0 Å². The second-order valence-electron chi connectivity index (χ2n) is 7.29. The Kier molecular flexibility index (Phi) is 5.68. The normalized spacial score (nSPS) is 19.2. The first-order chi connectivity index (χ1) is 12.6. The van der Waals surface area contributed by atoms with Gasteiger partial charge in [-0.3, -0.25) is 0 Å². The maximum atomic E-state index is 12.7. The highest BCUT2D eigenvalue weighted by Gasteiger charge is 2.36. The Morgan fingerprint density at radius 1 is 1.15 bits per heavy atom. The van der Waals surface area contributed by atoms with E-state index in [-0.39, 0.29) is 0 Å². The van der Waals surface area contributed by atoms with Crippen molar-refractivity contribution >= 4 is 11.3 Å². The molecule has 1 aromatic carbocycles. The quantitative estimate of drug-likeness (QED) is 0.801. The van der Waals surface area contributed by atoms with Gasteiger partial charge in [0.1, 0.15) is 0 Å². The van der Waals surface area contributed by atoms with Crippen molar-refractivity contribution in [1.82, 2.24) is 4.90 Å². The van der Waals surface area contributed by atoms with Crippen LogP contribution in [0, 0.1) is 13.8 Å². The average molecular weight is 399 g/mol. The first-order valence-corrected chi connectivity index (χ1v) is 9.77. The fourth-order valence-corrected chi connectivity index (χ4v) is 4.67. The van der Waals surface area contributed by atoms with Gasteiger partial charge in [-0.15, -0.1) is 11.3 Å². The number of aryl methyl sites for hydroxylation is 2. The van der Waals surface area contributed by atoms with E-state index in [2.05, 4.69) is 4.90 Å². The summed E-state index contributed by atoms with van der Waals surface area (Å²) in [6.07, 6.45) is -4.11. The van der Waals surface area contributed by atoms with Gasteiger partial charge in [-0.2, -0.15) is 13.2 Å². The van der Waals surface area contributed by atoms with Crippen molar-refractivity contribution in [3.63, 3.8) is 0 Å². The number of β-amino-alcohol motifs (C(OH)–C–C–N with tert-alkyl or cyclic N) is 1. The summed E-state index contributed by atoms with van der Waals surface area (Å²) in [6, 6.07) is 6.78. The molecule has 0 saturated carbocycles. The van der Waals surface area contributed by atoms with E-state index in [0.717, 1.165) is 27.5 Å². The van der Waals surface area contributed by atoms with E-state index in [1.54, 1.807) is 11.3 Å². The van der Waals surface area contributed by atoms with Crippen LogP contribution in [-0.4, -0.2) is 34.7 Å². The molecule has 7 heteroatoms. The van der Waals surface area contributed by atoms with Crippen molar-refractivity contribution < 1.29 is 23.4 Å². The summed E-state index contributed by atoms with van der Waals surface area (Å²) in [7, 11) is 0. The minimum atomic E-state index is -4.38. The molecule has 1 aliphatic heterocycles. The van der Waals surface area contributed by atoms with Gasteiger partial charge in [0.15, 0.2) is 0 Å². The molecule has 0 aliphatic carbocycles. The van der Waals surface area contributed by atoms with Crippen LogP contribution in [0.4, 0.5) is 13.2 Å². The Bertz CT molecular complexity index is 778. The smallest absolute Gasteiger partial charge is 0.387 e. The van der Waals surface area contributed by atoms with E-state index in [4.69, 9.17) is 0 Å². The van der Waals surface area contributed by atoms with Gasteiger partial charge in [-0.05, 0) is 56.0 Å². The molecule has 0 bridgehead atoms. The zero-order valence-electron chi connectivity index (χ0n) is 15.4. The van der Waals surface area contributed by atoms with Gasteiger partial charge in [0.25, 0.3) is 0 Å². The summed E-state index contributed by atoms with van der Waals surface area (Å²) in [5.41, 5.74) is -0.376. The SMILES string of the molecule is Cc1cc(C(O)CN2CCC(O)(c3ccc(C(F)(F)F)cc3)CC2)c(C)s1. The van der Waals surface area contributed by atoms with Gasteiger partial charge >= 0.3 is 6.18 Å². The van der Waals surface area contributed by atoms with Gasteiger partial charge in [-0.1, -0.05) is 12.1 Å². The number of aliphatic hydroxyl groups is 2. The number of likely N-dealkylation sites (tertiary alicyclic amines) is 1. The number of piperidine rings is 1. The predicted molar refractivity (Wildman–Crippen MR) is 99.8 cm³/mol. The molecular formula is C20H24F3NO2S. The average Bonchev–Trinajstić information content (AvgIpc) is 2.95. The van der Waals surface area contributed by atoms with Crippen molar-refractivity contribution in [3.05, 3.63) is 56.8 Å². The van der Waals surface area contributed by atoms with E-state index in [9.17, 15) is 23.4 Å². The number of thiophene rings is 1. The van der Waals surface area contributed by atoms with Crippen LogP contribution in [0.5, 0.6) is 0 Å². The summed E-state index contributed by atoms with van der Waals surface area (Å²) in [4.78, 5) is 4.37. The van der Waals surface area contributed by atoms with Crippen LogP contribution < -0.4 is 0 Å². The predicted octanol–water partition coefficient (Wildman–Crippen LogP) is 4.40. The molecule has 0 amide bonds. The van der Waals surface area contributed by atoms with Gasteiger partial charge < -0.3 is 15.1 Å². The number of nitrogens with zero attached hydrogens (tertiary/aromatic N) is 1. The number of hydrogen-bond donors (Lipinski definition) is 2. The van der Waals surface area contributed by atoms with Gasteiger partial charge in [-0.25, -0.2) is 0 Å². The highest BCUT2D eigenvalue weighted by atomic mass is 32.1. The molecule has 1 atom stereocenters. The molecule has 1 fully saturated rings. The molecular weight excluding hydrogens is 375 g/mol. The first-order valence-electron chi connectivity index (χ1n) is 8.96. The maximum absolute atomic E-state index is 12.7. The third-order valence-electron chi connectivity index (χ3n) is 5.30. The minimum absolute atomic E-state index is 0.423. The Morgan fingerprint density at radius 3 is 2.22 bits per heavy atom. The van der Waals surface area contributed by atoms with Crippen molar-refractivity contribution in [2.24, 2.45) is 0 Å². The lowest BCUT2D eigenvalue weighted by Crippen LogP contribution is -2.44. The Hall–Kier alpha value is -1.41. The van der Waals surface area contributed by atoms with E-state index in [1.165, 1.54) is 12.1 Å². The maximum Gasteiger partial charge on any atom is 0.416 e. The van der Waals surface area contributed by atoms with E-state index < -0.39 is 23.4 Å². The summed E-state index contributed by atoms with van der Waals surface area (Å²) >= 11 is 1.66. The number of alkyl halides is 3. The second kappa shape index (κ2) is 7.54. The van der Waals surface area contributed by atoms with Crippen molar-refractivity contribution in [2.45, 2.75) is 44.6 Å². The molecule has 2 aromatic rings. The molecule has 148 valence electrons. The van der Waals surface area contributed by atoms with Crippen LogP contribution in [0.1, 0.15) is 45.4 Å². The zero-order chi connectivity index (χ0) is 19.8. The third kappa shape index (κ3) is 4.54. The van der Waals surface area contributed by atoms with E-state index in [1.807, 2.05) is 19.9 Å². The van der Waals surface area contributed by atoms with E-state index in [0.29, 0.717) is 38.0 Å². The molecule has 1 saturated heterocycles. The largest absolute Gasteiger partial charge is 0.416 e. The monoisotopic (exact) mass is 399 g/mol. The fraction of sp³-hybridized carbons (Fsp3) is 0.500. The summed E-state index contributed by atoms with van der Waals surface area (Å²) in [5.74, 6) is 0. The second-order valence-corrected chi connectivity index (χ2v) is 8.75. The Morgan fingerprint density at radius 2 is 1.74 bits per heavy atom. The Balaban J connectivity index is 1.61. The van der Waals surface area contributed by atoms with Crippen LogP contribution in [0.2, 0.25) is 0 Å². The molecule has 1 unspecified atom stereocenters. The number of halogens is 3. The number of hydrogen-bond acceptors (Lipinski definition) is 4. The number of aliphatic hydroxyl groups excluding tert-OH is 1. The highest BCUT2D eigenvalue weighted by Crippen LogP contribution is 2.36. The van der Waals surface area contributed by atoms with Gasteiger partial charge in [0.05, 0.1) is 17.3 Å². The molecule has 0 spiro atoms. The summed E-state index contributed by atoms with van der Waals surface area (Å²) in [6.45, 7) is 5.66. The van der Waals surface area contributed by atoms with Crippen LogP contribution in [0.25, 0.3) is 0 Å². The minimum Gasteiger partial charge on any atom is -0.387 e. The zero-order valence-corrected chi connectivity index (χ0v) is 16.2. The summed E-state index contributed by atoms with van der Waals surface area (Å²) < 4.78 is 38.1. The van der Waals surface area contributed by atoms with Crippen molar-refractivity contribution in [2.75, 3.05) is 19.6 Å². The lowest BCUT2D eigenvalue weighted by molar-refractivity contribution is -0.137. The van der Waals surface area contributed by atoms with Crippen LogP contribution >= 0.6 is 11.3 Å². The van der Waals surface area contributed by atoms with Crippen molar-refractivity contribution in [3.8, 4) is 0 Å². The van der Waals surface area contributed by atoms with Gasteiger partial charge in [0.2, 0.25) is 0 Å². The molecule has 0 radical (unpaired) electrons. The number of rotatable bonds is 4. The molecule has 1 aromatic heterocycles. The van der Waals surface area contributed by atoms with Crippen LogP contribution in [-0.2, 0) is 11.8 Å². The molecule has 27 heavy (non-hydrogen) atoms. The lowest BCUT2D eigenvalue weighted by atomic mass is 9.84. The molecule has 3 nitrogen and oxygen atoms in total. The number of benzene rings is 1. The molecule has 2 N–H and O–H groups in total. The van der Waals surface area contributed by atoms with Gasteiger partial charge in [0, 0.05) is 29.4 Å². The molecule has 3 rings (SSSR count). The molecule has 2 heterocycles. The summed E-state index contributed by atoms with van der Waals surface area (Å²) in [5, 5.41) is 21.4.